The molecule has 0 N–H and O–H groups in total. The number of aromatic nitrogens is 2. The molecular formula is C23H33N5O2S. The van der Waals surface area contributed by atoms with Crippen LogP contribution in [0.2, 0.25) is 0 Å². The molecule has 0 aliphatic carbocycles. The third-order valence-corrected chi connectivity index (χ3v) is 8.54. The van der Waals surface area contributed by atoms with E-state index in [9.17, 15) is 8.42 Å². The average Bonchev–Trinajstić information content (AvgIpc) is 3.03. The summed E-state index contributed by atoms with van der Waals surface area (Å²) < 4.78 is 28.2. The monoisotopic (exact) mass is 443 g/mol. The molecular weight excluding hydrogens is 410 g/mol. The van der Waals surface area contributed by atoms with Crippen LogP contribution in [-0.2, 0) is 10.0 Å². The lowest BCUT2D eigenvalue weighted by Gasteiger charge is -2.35. The smallest absolute Gasteiger partial charge is 0.243 e. The van der Waals surface area contributed by atoms with Gasteiger partial charge in [-0.1, -0.05) is 30.5 Å². The highest BCUT2D eigenvalue weighted by molar-refractivity contribution is 7.89. The van der Waals surface area contributed by atoms with E-state index in [4.69, 9.17) is 0 Å². The third-order valence-electron chi connectivity index (χ3n) is 6.33. The molecule has 8 heteroatoms. The van der Waals surface area contributed by atoms with Crippen LogP contribution in [0.15, 0.2) is 29.2 Å². The number of anilines is 2. The predicted molar refractivity (Wildman–Crippen MR) is 124 cm³/mol. The van der Waals surface area contributed by atoms with Crippen molar-refractivity contribution in [3.8, 4) is 0 Å². The van der Waals surface area contributed by atoms with Gasteiger partial charge in [-0.25, -0.2) is 8.42 Å². The number of benzene rings is 1. The first-order valence-electron chi connectivity index (χ1n) is 11.3. The number of rotatable bonds is 4. The van der Waals surface area contributed by atoms with Gasteiger partial charge in [-0.05, 0) is 56.9 Å². The van der Waals surface area contributed by atoms with Gasteiger partial charge in [-0.3, -0.25) is 0 Å². The lowest BCUT2D eigenvalue weighted by molar-refractivity contribution is 0.383. The molecule has 2 aromatic rings. The molecule has 0 unspecified atom stereocenters. The first kappa shape index (κ1) is 22.0. The van der Waals surface area contributed by atoms with Crippen LogP contribution >= 0.6 is 0 Å². The van der Waals surface area contributed by atoms with Crippen molar-refractivity contribution in [1.82, 2.24) is 14.5 Å². The summed E-state index contributed by atoms with van der Waals surface area (Å²) in [5, 5.41) is 8.93. The fraction of sp³-hybridized carbons (Fsp3) is 0.565. The summed E-state index contributed by atoms with van der Waals surface area (Å²) >= 11 is 0. The molecule has 7 nitrogen and oxygen atoms in total. The first-order valence-corrected chi connectivity index (χ1v) is 12.7. The van der Waals surface area contributed by atoms with Gasteiger partial charge in [-0.2, -0.15) is 4.31 Å². The molecule has 4 rings (SSSR count). The second kappa shape index (κ2) is 9.12. The van der Waals surface area contributed by atoms with Crippen LogP contribution < -0.4 is 9.80 Å². The fourth-order valence-corrected chi connectivity index (χ4v) is 6.65. The summed E-state index contributed by atoms with van der Waals surface area (Å²) in [4.78, 5) is 4.90. The van der Waals surface area contributed by atoms with E-state index >= 15 is 0 Å². The van der Waals surface area contributed by atoms with Gasteiger partial charge < -0.3 is 9.80 Å². The Kier molecular flexibility index (Phi) is 6.48. The number of sulfonamides is 1. The summed E-state index contributed by atoms with van der Waals surface area (Å²) in [5.41, 5.74) is 2.71. The van der Waals surface area contributed by atoms with Gasteiger partial charge in [0.2, 0.25) is 10.0 Å². The Bertz CT molecular complexity index is 984. The Balaban J connectivity index is 1.43. The molecule has 2 fully saturated rings. The highest BCUT2D eigenvalue weighted by Crippen LogP contribution is 2.27. The predicted octanol–water partition coefficient (Wildman–Crippen LogP) is 3.29. The van der Waals surface area contributed by atoms with Crippen molar-refractivity contribution in [1.29, 1.82) is 0 Å². The standard InChI is InChI=1S/C23H33N5O2S/c1-18-16-19(2)23(20(3)17-18)31(29,30)28-14-12-27(13-15-28)22-9-8-21(24-25-22)26-10-6-4-5-7-11-26/h8-9,16-17H,4-7,10-15H2,1-3H3. The number of nitrogens with zero attached hydrogens (tertiary/aromatic N) is 5. The molecule has 0 atom stereocenters. The topological polar surface area (TPSA) is 69.6 Å². The molecule has 0 bridgehead atoms. The quantitative estimate of drug-likeness (QED) is 0.722. The van der Waals surface area contributed by atoms with E-state index < -0.39 is 10.0 Å². The van der Waals surface area contributed by atoms with Crippen molar-refractivity contribution in [2.45, 2.75) is 51.3 Å². The molecule has 1 aromatic carbocycles. The maximum absolute atomic E-state index is 13.3. The van der Waals surface area contributed by atoms with Gasteiger partial charge in [-0.15, -0.1) is 10.2 Å². The summed E-state index contributed by atoms with van der Waals surface area (Å²) in [6.45, 7) is 9.96. The van der Waals surface area contributed by atoms with Crippen LogP contribution in [0.4, 0.5) is 11.6 Å². The maximum Gasteiger partial charge on any atom is 0.243 e. The zero-order valence-electron chi connectivity index (χ0n) is 18.8. The maximum atomic E-state index is 13.3. The minimum atomic E-state index is -3.51. The number of hydrogen-bond donors (Lipinski definition) is 0. The lowest BCUT2D eigenvalue weighted by Crippen LogP contribution is -2.49. The largest absolute Gasteiger partial charge is 0.355 e. The average molecular weight is 444 g/mol. The summed E-state index contributed by atoms with van der Waals surface area (Å²) in [6.07, 6.45) is 4.99. The Hall–Kier alpha value is -2.19. The van der Waals surface area contributed by atoms with Gasteiger partial charge >= 0.3 is 0 Å². The summed E-state index contributed by atoms with van der Waals surface area (Å²) in [7, 11) is -3.51. The fourth-order valence-electron chi connectivity index (χ4n) is 4.82. The van der Waals surface area contributed by atoms with Crippen LogP contribution in [0, 0.1) is 20.8 Å². The Morgan fingerprint density at radius 3 is 1.68 bits per heavy atom. The SMILES string of the molecule is Cc1cc(C)c(S(=O)(=O)N2CCN(c3ccc(N4CCCCCC4)nn3)CC2)c(C)c1. The Labute approximate surface area is 186 Å². The van der Waals surface area contributed by atoms with Crippen molar-refractivity contribution >= 4 is 21.7 Å². The van der Waals surface area contributed by atoms with Crippen molar-refractivity contribution in [2.24, 2.45) is 0 Å². The van der Waals surface area contributed by atoms with Crippen LogP contribution in [-0.4, -0.2) is 62.2 Å². The van der Waals surface area contributed by atoms with Crippen molar-refractivity contribution < 1.29 is 8.42 Å². The lowest BCUT2D eigenvalue weighted by atomic mass is 10.1. The summed E-state index contributed by atoms with van der Waals surface area (Å²) in [6, 6.07) is 7.95. The van der Waals surface area contributed by atoms with E-state index in [1.807, 2.05) is 39.0 Å². The molecule has 2 aliphatic heterocycles. The highest BCUT2D eigenvalue weighted by atomic mass is 32.2. The minimum Gasteiger partial charge on any atom is -0.355 e. The zero-order chi connectivity index (χ0) is 22.0. The normalized spacial score (nSPS) is 18.8. The number of aryl methyl sites for hydroxylation is 3. The van der Waals surface area contributed by atoms with Crippen LogP contribution in [0.1, 0.15) is 42.4 Å². The molecule has 2 aliphatic rings. The highest BCUT2D eigenvalue weighted by Gasteiger charge is 2.31. The second-order valence-corrected chi connectivity index (χ2v) is 10.6. The molecule has 2 saturated heterocycles. The Morgan fingerprint density at radius 1 is 0.710 bits per heavy atom. The van der Waals surface area contributed by atoms with Crippen LogP contribution in [0.3, 0.4) is 0 Å². The number of piperazine rings is 1. The van der Waals surface area contributed by atoms with Crippen LogP contribution in [0.25, 0.3) is 0 Å². The van der Waals surface area contributed by atoms with Gasteiger partial charge in [0.15, 0.2) is 11.6 Å². The molecule has 0 radical (unpaired) electrons. The first-order chi connectivity index (χ1) is 14.9. The van der Waals surface area contributed by atoms with Crippen molar-refractivity contribution in [3.63, 3.8) is 0 Å². The number of hydrogen-bond acceptors (Lipinski definition) is 6. The third kappa shape index (κ3) is 4.70. The van der Waals surface area contributed by atoms with Gasteiger partial charge in [0.25, 0.3) is 0 Å². The Morgan fingerprint density at radius 2 is 1.19 bits per heavy atom. The van der Waals surface area contributed by atoms with E-state index in [-0.39, 0.29) is 0 Å². The molecule has 168 valence electrons. The van der Waals surface area contributed by atoms with Gasteiger partial charge in [0.1, 0.15) is 0 Å². The molecule has 31 heavy (non-hydrogen) atoms. The molecule has 0 spiro atoms. The van der Waals surface area contributed by atoms with E-state index in [0.717, 1.165) is 41.4 Å². The second-order valence-electron chi connectivity index (χ2n) is 8.77. The van der Waals surface area contributed by atoms with E-state index in [1.165, 1.54) is 25.7 Å². The summed E-state index contributed by atoms with van der Waals surface area (Å²) in [5.74, 6) is 1.76. The molecule has 1 aromatic heterocycles. The molecule has 0 saturated carbocycles. The zero-order valence-corrected chi connectivity index (χ0v) is 19.7. The van der Waals surface area contributed by atoms with Crippen molar-refractivity contribution in [2.75, 3.05) is 49.1 Å². The van der Waals surface area contributed by atoms with Crippen molar-refractivity contribution in [3.05, 3.63) is 41.0 Å². The van der Waals surface area contributed by atoms with Gasteiger partial charge in [0, 0.05) is 39.3 Å². The molecule has 0 amide bonds. The van der Waals surface area contributed by atoms with E-state index in [0.29, 0.717) is 31.1 Å². The van der Waals surface area contributed by atoms with Gasteiger partial charge in [0.05, 0.1) is 4.90 Å². The van der Waals surface area contributed by atoms with E-state index in [1.54, 1.807) is 4.31 Å². The van der Waals surface area contributed by atoms with E-state index in [2.05, 4.69) is 26.1 Å². The minimum absolute atomic E-state index is 0.449. The molecule has 3 heterocycles. The van der Waals surface area contributed by atoms with Crippen LogP contribution in [0.5, 0.6) is 0 Å².